The van der Waals surface area contributed by atoms with Crippen LogP contribution >= 0.6 is 15.9 Å². The van der Waals surface area contributed by atoms with Gasteiger partial charge in [0, 0.05) is 47.6 Å². The summed E-state index contributed by atoms with van der Waals surface area (Å²) in [5.41, 5.74) is 1.10. The lowest BCUT2D eigenvalue weighted by Crippen LogP contribution is -2.42. The van der Waals surface area contributed by atoms with Crippen LogP contribution in [0.4, 0.5) is 0 Å². The van der Waals surface area contributed by atoms with E-state index in [1.54, 1.807) is 4.90 Å². The van der Waals surface area contributed by atoms with E-state index in [2.05, 4.69) is 26.6 Å². The number of fused-ring (bicyclic) bond motifs is 1. The fourth-order valence-corrected chi connectivity index (χ4v) is 3.52. The number of rotatable bonds is 4. The Morgan fingerprint density at radius 2 is 2.13 bits per heavy atom. The summed E-state index contributed by atoms with van der Waals surface area (Å²) < 4.78 is 3.10. The maximum Gasteiger partial charge on any atom is 0.308 e. The molecule has 1 aromatic carbocycles. The molecular weight excluding hydrogens is 360 g/mol. The number of hydrogen-bond acceptors (Lipinski definition) is 2. The van der Waals surface area contributed by atoms with Gasteiger partial charge in [0.05, 0.1) is 5.92 Å². The van der Waals surface area contributed by atoms with Gasteiger partial charge in [0.2, 0.25) is 5.91 Å². The first-order valence-electron chi connectivity index (χ1n) is 7.79. The number of likely N-dealkylation sites (tertiary alicyclic amines) is 1. The Morgan fingerprint density at radius 1 is 1.30 bits per heavy atom. The summed E-state index contributed by atoms with van der Waals surface area (Å²) in [4.78, 5) is 25.2. The molecule has 0 unspecified atom stereocenters. The zero-order valence-electron chi connectivity index (χ0n) is 12.7. The van der Waals surface area contributed by atoms with E-state index in [9.17, 15) is 9.59 Å². The number of nitrogens with zero attached hydrogens (tertiary/aromatic N) is 2. The molecule has 122 valence electrons. The van der Waals surface area contributed by atoms with Gasteiger partial charge >= 0.3 is 5.97 Å². The predicted molar refractivity (Wildman–Crippen MR) is 91.2 cm³/mol. The van der Waals surface area contributed by atoms with Crippen LogP contribution < -0.4 is 0 Å². The van der Waals surface area contributed by atoms with Crippen LogP contribution in [0.1, 0.15) is 19.3 Å². The lowest BCUT2D eigenvalue weighted by atomic mass is 9.98. The van der Waals surface area contributed by atoms with Crippen molar-refractivity contribution in [3.8, 4) is 0 Å². The Hall–Kier alpha value is -1.82. The fraction of sp³-hybridized carbons (Fsp3) is 0.412. The number of piperidine rings is 1. The third-order valence-electron chi connectivity index (χ3n) is 4.42. The molecule has 0 spiro atoms. The Balaban J connectivity index is 1.63. The highest BCUT2D eigenvalue weighted by atomic mass is 79.9. The van der Waals surface area contributed by atoms with E-state index in [0.717, 1.165) is 21.8 Å². The Bertz CT molecular complexity index is 741. The second kappa shape index (κ2) is 6.74. The van der Waals surface area contributed by atoms with Crippen LogP contribution in [0.2, 0.25) is 0 Å². The molecule has 6 heteroatoms. The highest BCUT2D eigenvalue weighted by Gasteiger charge is 2.27. The first-order valence-corrected chi connectivity index (χ1v) is 8.59. The van der Waals surface area contributed by atoms with E-state index in [1.807, 2.05) is 24.4 Å². The molecule has 1 saturated heterocycles. The zero-order valence-corrected chi connectivity index (χ0v) is 14.3. The number of carbonyl (C=O) groups is 2. The third-order valence-corrected chi connectivity index (χ3v) is 4.92. The minimum atomic E-state index is -0.801. The first kappa shape index (κ1) is 16.1. The molecule has 3 rings (SSSR count). The van der Waals surface area contributed by atoms with Gasteiger partial charge < -0.3 is 14.6 Å². The topological polar surface area (TPSA) is 62.5 Å². The van der Waals surface area contributed by atoms with Crippen molar-refractivity contribution in [3.05, 3.63) is 34.9 Å². The number of aryl methyl sites for hydroxylation is 1. The van der Waals surface area contributed by atoms with Crippen molar-refractivity contribution in [2.75, 3.05) is 13.1 Å². The van der Waals surface area contributed by atoms with Crippen molar-refractivity contribution in [2.24, 2.45) is 5.92 Å². The summed E-state index contributed by atoms with van der Waals surface area (Å²) in [6, 6.07) is 8.11. The van der Waals surface area contributed by atoms with Crippen LogP contribution in [0.25, 0.3) is 10.9 Å². The number of aliphatic carboxylic acids is 1. The van der Waals surface area contributed by atoms with E-state index in [-0.39, 0.29) is 5.91 Å². The number of hydrogen-bond donors (Lipinski definition) is 1. The number of carboxylic acid groups (broad SMARTS) is 1. The average Bonchev–Trinajstić information content (AvgIpc) is 2.94. The van der Waals surface area contributed by atoms with Crippen molar-refractivity contribution in [3.63, 3.8) is 0 Å². The molecule has 1 aromatic heterocycles. The number of carbonyl (C=O) groups excluding carboxylic acids is 1. The first-order chi connectivity index (χ1) is 11.0. The highest BCUT2D eigenvalue weighted by molar-refractivity contribution is 9.10. The highest BCUT2D eigenvalue weighted by Crippen LogP contribution is 2.22. The largest absolute Gasteiger partial charge is 0.481 e. The van der Waals surface area contributed by atoms with Gasteiger partial charge in [-0.05, 0) is 37.1 Å². The number of aromatic nitrogens is 1. The standard InChI is InChI=1S/C17H19BrN2O3/c18-14-3-4-15-12(10-14)5-8-19(15)9-6-16(21)20-7-1-2-13(11-20)17(22)23/h3-5,8,10,13H,1-2,6-7,9,11H2,(H,22,23)/t13-/m1/s1. The van der Waals surface area contributed by atoms with Gasteiger partial charge in [0.15, 0.2) is 0 Å². The van der Waals surface area contributed by atoms with E-state index in [0.29, 0.717) is 32.5 Å². The molecule has 1 N–H and O–H groups in total. The van der Waals surface area contributed by atoms with Crippen LogP contribution in [0.3, 0.4) is 0 Å². The molecule has 1 aliphatic heterocycles. The molecule has 1 atom stereocenters. The minimum absolute atomic E-state index is 0.0370. The van der Waals surface area contributed by atoms with Crippen LogP contribution in [0, 0.1) is 5.92 Å². The number of halogens is 1. The van der Waals surface area contributed by atoms with Crippen LogP contribution in [-0.4, -0.2) is 39.5 Å². The second-order valence-electron chi connectivity index (χ2n) is 5.98. The monoisotopic (exact) mass is 378 g/mol. The normalized spacial score (nSPS) is 18.3. The number of benzene rings is 1. The van der Waals surface area contributed by atoms with Gasteiger partial charge in [0.25, 0.3) is 0 Å². The Labute approximate surface area is 143 Å². The van der Waals surface area contributed by atoms with E-state index in [1.165, 1.54) is 0 Å². The van der Waals surface area contributed by atoms with Crippen molar-refractivity contribution >= 4 is 38.7 Å². The maximum atomic E-state index is 12.4. The summed E-state index contributed by atoms with van der Waals surface area (Å²) >= 11 is 3.46. The second-order valence-corrected chi connectivity index (χ2v) is 6.90. The van der Waals surface area contributed by atoms with Gasteiger partial charge in [-0.25, -0.2) is 0 Å². The summed E-state index contributed by atoms with van der Waals surface area (Å²) in [7, 11) is 0. The molecule has 2 aromatic rings. The quantitative estimate of drug-likeness (QED) is 0.888. The van der Waals surface area contributed by atoms with Gasteiger partial charge in [-0.2, -0.15) is 0 Å². The smallest absolute Gasteiger partial charge is 0.308 e. The number of carboxylic acids is 1. The van der Waals surface area contributed by atoms with Crippen molar-refractivity contribution in [1.82, 2.24) is 9.47 Å². The van der Waals surface area contributed by atoms with Crippen molar-refractivity contribution in [1.29, 1.82) is 0 Å². The average molecular weight is 379 g/mol. The Kier molecular flexibility index (Phi) is 4.71. The minimum Gasteiger partial charge on any atom is -0.481 e. The molecule has 1 aliphatic rings. The van der Waals surface area contributed by atoms with E-state index < -0.39 is 11.9 Å². The zero-order chi connectivity index (χ0) is 16.4. The van der Waals surface area contributed by atoms with E-state index in [4.69, 9.17) is 5.11 Å². The molecular formula is C17H19BrN2O3. The fourth-order valence-electron chi connectivity index (χ4n) is 3.15. The Morgan fingerprint density at radius 3 is 2.91 bits per heavy atom. The van der Waals surface area contributed by atoms with Crippen molar-refractivity contribution < 1.29 is 14.7 Å². The molecule has 23 heavy (non-hydrogen) atoms. The van der Waals surface area contributed by atoms with Gasteiger partial charge in [-0.15, -0.1) is 0 Å². The van der Waals surface area contributed by atoms with Crippen LogP contribution in [0.5, 0.6) is 0 Å². The SMILES string of the molecule is O=C(O)[C@@H]1CCCN(C(=O)CCn2ccc3cc(Br)ccc32)C1. The van der Waals surface area contributed by atoms with Crippen LogP contribution in [0.15, 0.2) is 34.9 Å². The van der Waals surface area contributed by atoms with Crippen molar-refractivity contribution in [2.45, 2.75) is 25.8 Å². The lowest BCUT2D eigenvalue weighted by molar-refractivity contribution is -0.145. The summed E-state index contributed by atoms with van der Waals surface area (Å²) in [5, 5.41) is 10.2. The molecule has 1 amide bonds. The molecule has 2 heterocycles. The third kappa shape index (κ3) is 3.58. The summed E-state index contributed by atoms with van der Waals surface area (Å²) in [6.45, 7) is 1.62. The van der Waals surface area contributed by atoms with Gasteiger partial charge in [-0.1, -0.05) is 15.9 Å². The maximum absolute atomic E-state index is 12.4. The molecule has 5 nitrogen and oxygen atoms in total. The van der Waals surface area contributed by atoms with Gasteiger partial charge in [-0.3, -0.25) is 9.59 Å². The molecule has 0 aliphatic carbocycles. The predicted octanol–water partition coefficient (Wildman–Crippen LogP) is 3.12. The molecule has 0 radical (unpaired) electrons. The van der Waals surface area contributed by atoms with Gasteiger partial charge in [0.1, 0.15) is 0 Å². The van der Waals surface area contributed by atoms with Crippen LogP contribution in [-0.2, 0) is 16.1 Å². The lowest BCUT2D eigenvalue weighted by Gasteiger charge is -2.30. The summed E-state index contributed by atoms with van der Waals surface area (Å²) in [6.07, 6.45) is 3.81. The molecule has 1 fully saturated rings. The van der Waals surface area contributed by atoms with E-state index >= 15 is 0 Å². The number of amides is 1. The summed E-state index contributed by atoms with van der Waals surface area (Å²) in [5.74, 6) is -1.18. The molecule has 0 bridgehead atoms. The molecule has 0 saturated carbocycles.